The van der Waals surface area contributed by atoms with E-state index < -0.39 is 0 Å². The topological polar surface area (TPSA) is 66.8 Å². The Hall–Kier alpha value is -2.11. The van der Waals surface area contributed by atoms with Gasteiger partial charge in [0.25, 0.3) is 0 Å². The zero-order valence-electron chi connectivity index (χ0n) is 12.6. The molecule has 1 saturated heterocycles. The van der Waals surface area contributed by atoms with Crippen LogP contribution < -0.4 is 0 Å². The largest absolute Gasteiger partial charge is 0.341 e. The Bertz CT molecular complexity index is 630. The maximum atomic E-state index is 13.0. The minimum absolute atomic E-state index is 0.184. The van der Waals surface area contributed by atoms with Crippen LogP contribution in [0.1, 0.15) is 37.3 Å². The Kier molecular flexibility index (Phi) is 3.24. The van der Waals surface area contributed by atoms with Gasteiger partial charge in [0.15, 0.2) is 0 Å². The van der Waals surface area contributed by atoms with Crippen LogP contribution in [0.3, 0.4) is 0 Å². The van der Waals surface area contributed by atoms with Gasteiger partial charge in [0.05, 0.1) is 11.7 Å². The Labute approximate surface area is 129 Å². The summed E-state index contributed by atoms with van der Waals surface area (Å²) in [5.74, 6) is 0.717. The van der Waals surface area contributed by atoms with E-state index in [4.69, 9.17) is 0 Å². The summed E-state index contributed by atoms with van der Waals surface area (Å²) in [6.45, 7) is 2.46. The summed E-state index contributed by atoms with van der Waals surface area (Å²) in [6.07, 6.45) is 11.5. The van der Waals surface area contributed by atoms with Gasteiger partial charge in [0.2, 0.25) is 5.91 Å². The highest BCUT2D eigenvalue weighted by atomic mass is 16.2. The molecule has 2 fully saturated rings. The molecule has 1 amide bonds. The number of rotatable bonds is 4. The van der Waals surface area contributed by atoms with E-state index >= 15 is 0 Å². The molecular formula is C16H21N5O. The van der Waals surface area contributed by atoms with E-state index in [2.05, 4.69) is 20.1 Å². The monoisotopic (exact) mass is 299 g/mol. The number of hydrogen-bond acceptors (Lipinski definition) is 3. The van der Waals surface area contributed by atoms with Gasteiger partial charge in [-0.3, -0.25) is 9.89 Å². The highest BCUT2D eigenvalue weighted by molar-refractivity contribution is 5.85. The summed E-state index contributed by atoms with van der Waals surface area (Å²) in [5.41, 5.74) is 0.966. The summed E-state index contributed by atoms with van der Waals surface area (Å²) in [6, 6.07) is 2.02. The quantitative estimate of drug-likeness (QED) is 0.936. The fourth-order valence-electron chi connectivity index (χ4n) is 3.57. The maximum absolute atomic E-state index is 13.0. The molecule has 1 aliphatic heterocycles. The zero-order chi connectivity index (χ0) is 15.0. The van der Waals surface area contributed by atoms with Crippen LogP contribution >= 0.6 is 0 Å². The smallest absolute Gasteiger partial charge is 0.230 e. The SMILES string of the molecule is O=C(N1CCCC(c2ccn[nH]2)C1)C1(Cn2ccnc2)CC1. The molecule has 4 rings (SSSR count). The lowest BCUT2D eigenvalue weighted by Gasteiger charge is -2.35. The molecule has 1 saturated carbocycles. The molecule has 0 spiro atoms. The Balaban J connectivity index is 1.46. The number of aromatic nitrogens is 4. The van der Waals surface area contributed by atoms with Crippen LogP contribution in [-0.4, -0.2) is 43.6 Å². The first kappa shape index (κ1) is 13.5. The first-order valence-electron chi connectivity index (χ1n) is 8.01. The lowest BCUT2D eigenvalue weighted by Crippen LogP contribution is -2.44. The predicted octanol–water partition coefficient (Wildman–Crippen LogP) is 1.79. The van der Waals surface area contributed by atoms with E-state index in [1.807, 2.05) is 16.8 Å². The summed E-state index contributed by atoms with van der Waals surface area (Å²) < 4.78 is 2.03. The third kappa shape index (κ3) is 2.42. The molecule has 2 aliphatic rings. The number of nitrogens with zero attached hydrogens (tertiary/aromatic N) is 4. The number of nitrogens with one attached hydrogen (secondary N) is 1. The first-order chi connectivity index (χ1) is 10.8. The molecule has 116 valence electrons. The number of amides is 1. The van der Waals surface area contributed by atoms with E-state index in [1.165, 1.54) is 0 Å². The molecule has 6 nitrogen and oxygen atoms in total. The summed E-state index contributed by atoms with van der Waals surface area (Å²) in [7, 11) is 0. The molecule has 3 heterocycles. The van der Waals surface area contributed by atoms with Crippen molar-refractivity contribution in [1.29, 1.82) is 0 Å². The number of H-pyrrole nitrogens is 1. The van der Waals surface area contributed by atoms with Crippen molar-refractivity contribution >= 4 is 5.91 Å². The normalized spacial score (nSPS) is 23.5. The molecule has 1 unspecified atom stereocenters. The lowest BCUT2D eigenvalue weighted by atomic mass is 9.93. The van der Waals surface area contributed by atoms with E-state index in [1.54, 1.807) is 18.7 Å². The number of aromatic amines is 1. The number of carbonyl (C=O) groups excluding carboxylic acids is 1. The molecule has 1 N–H and O–H groups in total. The molecule has 22 heavy (non-hydrogen) atoms. The van der Waals surface area contributed by atoms with Crippen LogP contribution in [0.4, 0.5) is 0 Å². The van der Waals surface area contributed by atoms with Crippen LogP contribution in [0.5, 0.6) is 0 Å². The van der Waals surface area contributed by atoms with E-state index in [9.17, 15) is 4.79 Å². The van der Waals surface area contributed by atoms with Crippen molar-refractivity contribution in [3.63, 3.8) is 0 Å². The molecular weight excluding hydrogens is 278 g/mol. The number of likely N-dealkylation sites (tertiary alicyclic amines) is 1. The zero-order valence-corrected chi connectivity index (χ0v) is 12.6. The number of imidazole rings is 1. The Morgan fingerprint density at radius 3 is 3.00 bits per heavy atom. The maximum Gasteiger partial charge on any atom is 0.230 e. The van der Waals surface area contributed by atoms with Crippen LogP contribution in [0.2, 0.25) is 0 Å². The molecule has 2 aromatic heterocycles. The van der Waals surface area contributed by atoms with Gasteiger partial charge in [-0.15, -0.1) is 0 Å². The Morgan fingerprint density at radius 2 is 2.32 bits per heavy atom. The first-order valence-corrected chi connectivity index (χ1v) is 8.01. The molecule has 0 aromatic carbocycles. The van der Waals surface area contributed by atoms with Crippen molar-refractivity contribution in [2.75, 3.05) is 13.1 Å². The minimum Gasteiger partial charge on any atom is -0.341 e. The highest BCUT2D eigenvalue weighted by Crippen LogP contribution is 2.49. The number of carbonyl (C=O) groups is 1. The number of hydrogen-bond donors (Lipinski definition) is 1. The van der Waals surface area contributed by atoms with Crippen LogP contribution in [0.25, 0.3) is 0 Å². The van der Waals surface area contributed by atoms with E-state index in [0.717, 1.165) is 51.0 Å². The second-order valence-electron chi connectivity index (χ2n) is 6.62. The summed E-state index contributed by atoms with van der Waals surface area (Å²) in [5, 5.41) is 7.10. The third-order valence-electron chi connectivity index (χ3n) is 5.02. The molecule has 1 atom stereocenters. The number of piperidine rings is 1. The van der Waals surface area contributed by atoms with Gasteiger partial charge in [-0.1, -0.05) is 0 Å². The summed E-state index contributed by atoms with van der Waals surface area (Å²) >= 11 is 0. The third-order valence-corrected chi connectivity index (χ3v) is 5.02. The van der Waals surface area contributed by atoms with Crippen molar-refractivity contribution in [3.05, 3.63) is 36.7 Å². The van der Waals surface area contributed by atoms with E-state index in [0.29, 0.717) is 11.8 Å². The standard InChI is InChI=1S/C16H21N5O/c22-15(16(4-5-16)11-20-9-7-17-12-20)21-8-1-2-13(10-21)14-3-6-18-19-14/h3,6-7,9,12-13H,1-2,4-5,8,10-11H2,(H,18,19). The second-order valence-corrected chi connectivity index (χ2v) is 6.62. The van der Waals surface area contributed by atoms with Gasteiger partial charge in [0, 0.05) is 49.8 Å². The highest BCUT2D eigenvalue weighted by Gasteiger charge is 2.52. The van der Waals surface area contributed by atoms with Gasteiger partial charge < -0.3 is 9.47 Å². The molecule has 1 aliphatic carbocycles. The Morgan fingerprint density at radius 1 is 1.41 bits per heavy atom. The van der Waals surface area contributed by atoms with Gasteiger partial charge in [-0.25, -0.2) is 4.98 Å². The van der Waals surface area contributed by atoms with Crippen molar-refractivity contribution in [1.82, 2.24) is 24.6 Å². The molecule has 2 aromatic rings. The van der Waals surface area contributed by atoms with Crippen LogP contribution in [-0.2, 0) is 11.3 Å². The average molecular weight is 299 g/mol. The van der Waals surface area contributed by atoms with Crippen molar-refractivity contribution in [3.8, 4) is 0 Å². The van der Waals surface area contributed by atoms with Gasteiger partial charge in [-0.2, -0.15) is 5.10 Å². The predicted molar refractivity (Wildman–Crippen MR) is 81.0 cm³/mol. The molecule has 0 bridgehead atoms. The van der Waals surface area contributed by atoms with Crippen molar-refractivity contribution < 1.29 is 4.79 Å². The van der Waals surface area contributed by atoms with Crippen molar-refractivity contribution in [2.24, 2.45) is 5.41 Å². The van der Waals surface area contributed by atoms with Gasteiger partial charge in [0.1, 0.15) is 0 Å². The fourth-order valence-corrected chi connectivity index (χ4v) is 3.57. The van der Waals surface area contributed by atoms with Crippen molar-refractivity contribution in [2.45, 2.75) is 38.1 Å². The van der Waals surface area contributed by atoms with Gasteiger partial charge in [-0.05, 0) is 31.7 Å². The van der Waals surface area contributed by atoms with Gasteiger partial charge >= 0.3 is 0 Å². The van der Waals surface area contributed by atoms with E-state index in [-0.39, 0.29) is 5.41 Å². The minimum atomic E-state index is -0.184. The summed E-state index contributed by atoms with van der Waals surface area (Å²) in [4.78, 5) is 19.1. The second kappa shape index (κ2) is 5.26. The van der Waals surface area contributed by atoms with Crippen LogP contribution in [0, 0.1) is 5.41 Å². The molecule has 6 heteroatoms. The van der Waals surface area contributed by atoms with Crippen LogP contribution in [0.15, 0.2) is 31.0 Å². The molecule has 0 radical (unpaired) electrons. The fraction of sp³-hybridized carbons (Fsp3) is 0.562. The average Bonchev–Trinajstić information content (AvgIpc) is 2.98. The lowest BCUT2D eigenvalue weighted by molar-refractivity contribution is -0.138.